The second-order valence-corrected chi connectivity index (χ2v) is 9.18. The third-order valence-electron chi connectivity index (χ3n) is 4.83. The lowest BCUT2D eigenvalue weighted by atomic mass is 9.90. The minimum atomic E-state index is -0.607. The zero-order chi connectivity index (χ0) is 22.2. The van der Waals surface area contributed by atoms with Gasteiger partial charge in [-0.05, 0) is 32.0 Å². The number of carbonyl (C=O) groups is 1. The third-order valence-corrected chi connectivity index (χ3v) is 5.37. The number of nitrogens with zero attached hydrogens (tertiary/aromatic N) is 2. The first-order chi connectivity index (χ1) is 14.0. The minimum Gasteiger partial charge on any atom is -0.505 e. The molecule has 0 spiro atoms. The highest BCUT2D eigenvalue weighted by Gasteiger charge is 2.24. The molecule has 30 heavy (non-hydrogen) atoms. The van der Waals surface area contributed by atoms with E-state index in [2.05, 4.69) is 5.10 Å². The Morgan fingerprint density at radius 2 is 1.70 bits per heavy atom. The first kappa shape index (κ1) is 22.1. The van der Waals surface area contributed by atoms with E-state index in [1.165, 1.54) is 6.08 Å². The van der Waals surface area contributed by atoms with Gasteiger partial charge in [0.05, 0.1) is 16.4 Å². The number of aryl methyl sites for hydroxylation is 1. The molecule has 0 radical (unpaired) electrons. The summed E-state index contributed by atoms with van der Waals surface area (Å²) in [6.45, 7) is 9.28. The first-order valence-corrected chi connectivity index (χ1v) is 10.3. The maximum atomic E-state index is 12.4. The van der Waals surface area contributed by atoms with Crippen LogP contribution in [-0.4, -0.2) is 20.7 Å². The van der Waals surface area contributed by atoms with Crippen LogP contribution in [0.5, 0.6) is 0 Å². The summed E-state index contributed by atoms with van der Waals surface area (Å²) in [7, 11) is 0. The van der Waals surface area contributed by atoms with Crippen molar-refractivity contribution in [3.63, 3.8) is 0 Å². The molecular weight excluding hydrogens is 419 g/mol. The van der Waals surface area contributed by atoms with Crippen molar-refractivity contribution in [2.24, 2.45) is 5.41 Å². The number of hydrogen-bond acceptors (Lipinski definition) is 3. The van der Waals surface area contributed by atoms with Gasteiger partial charge in [0.1, 0.15) is 11.5 Å². The lowest BCUT2D eigenvalue weighted by molar-refractivity contribution is -0.121. The normalized spacial score (nSPS) is 12.3. The molecule has 0 amide bonds. The Morgan fingerprint density at radius 1 is 1.07 bits per heavy atom. The molecule has 1 aromatic heterocycles. The number of halogens is 2. The molecule has 6 heteroatoms. The summed E-state index contributed by atoms with van der Waals surface area (Å²) < 4.78 is 1.68. The molecule has 1 N–H and O–H groups in total. The van der Waals surface area contributed by atoms with Gasteiger partial charge in [0.25, 0.3) is 0 Å². The molecule has 1 heterocycles. The fourth-order valence-corrected chi connectivity index (χ4v) is 3.51. The second-order valence-electron chi connectivity index (χ2n) is 8.34. The third kappa shape index (κ3) is 4.45. The van der Waals surface area contributed by atoms with Gasteiger partial charge in [-0.15, -0.1) is 0 Å². The van der Waals surface area contributed by atoms with Crippen LogP contribution in [0, 0.1) is 19.3 Å². The summed E-state index contributed by atoms with van der Waals surface area (Å²) >= 11 is 12.5. The lowest BCUT2D eigenvalue weighted by Gasteiger charge is -2.13. The molecule has 0 aliphatic heterocycles. The molecule has 0 fully saturated rings. The lowest BCUT2D eigenvalue weighted by Crippen LogP contribution is -2.18. The number of allylic oxidation sites excluding steroid dienone is 1. The van der Waals surface area contributed by atoms with Crippen molar-refractivity contribution < 1.29 is 9.90 Å². The average Bonchev–Trinajstić information content (AvgIpc) is 2.98. The van der Waals surface area contributed by atoms with Crippen LogP contribution < -0.4 is 0 Å². The van der Waals surface area contributed by atoms with Gasteiger partial charge in [-0.25, -0.2) is 4.68 Å². The zero-order valence-corrected chi connectivity index (χ0v) is 19.1. The number of ketones is 1. The molecule has 4 nitrogen and oxygen atoms in total. The van der Waals surface area contributed by atoms with Gasteiger partial charge in [0, 0.05) is 27.6 Å². The van der Waals surface area contributed by atoms with E-state index in [4.69, 9.17) is 23.2 Å². The predicted octanol–water partition coefficient (Wildman–Crippen LogP) is 6.98. The van der Waals surface area contributed by atoms with Crippen LogP contribution in [0.4, 0.5) is 0 Å². The Labute approximate surface area is 186 Å². The summed E-state index contributed by atoms with van der Waals surface area (Å²) in [5, 5.41) is 16.3. The van der Waals surface area contributed by atoms with Gasteiger partial charge < -0.3 is 5.11 Å². The number of aliphatic hydroxyl groups is 1. The Balaban J connectivity index is 2.25. The molecule has 0 bridgehead atoms. The van der Waals surface area contributed by atoms with Gasteiger partial charge in [0.2, 0.25) is 0 Å². The SMILES string of the molecule is Cc1ccc(-c2c(C)c(/C(O)=C/C(=O)C(C)(C)C)nn2-c2ccc(Cl)cc2Cl)cc1. The summed E-state index contributed by atoms with van der Waals surface area (Å²) in [6, 6.07) is 13.2. The fourth-order valence-electron chi connectivity index (χ4n) is 3.03. The van der Waals surface area contributed by atoms with E-state index in [0.717, 1.165) is 22.4 Å². The number of benzene rings is 2. The molecule has 0 atom stereocenters. The van der Waals surface area contributed by atoms with Crippen molar-refractivity contribution in [2.75, 3.05) is 0 Å². The highest BCUT2D eigenvalue weighted by Crippen LogP contribution is 2.34. The van der Waals surface area contributed by atoms with Gasteiger partial charge in [-0.2, -0.15) is 5.10 Å². The van der Waals surface area contributed by atoms with Crippen LogP contribution in [-0.2, 0) is 4.79 Å². The van der Waals surface area contributed by atoms with Crippen LogP contribution >= 0.6 is 23.2 Å². The smallest absolute Gasteiger partial charge is 0.164 e. The van der Waals surface area contributed by atoms with Gasteiger partial charge >= 0.3 is 0 Å². The highest BCUT2D eigenvalue weighted by atomic mass is 35.5. The number of hydrogen-bond donors (Lipinski definition) is 1. The highest BCUT2D eigenvalue weighted by molar-refractivity contribution is 6.35. The molecule has 3 aromatic rings. The van der Waals surface area contributed by atoms with Gasteiger partial charge in [0.15, 0.2) is 5.78 Å². The molecule has 0 aliphatic carbocycles. The standard InChI is InChI=1S/C24H24Cl2N2O2/c1-14-6-8-16(9-7-14)23-15(2)22(20(29)13-21(30)24(3,4)5)27-28(23)19-11-10-17(25)12-18(19)26/h6-13,29H,1-5H3/b20-13-. The minimum absolute atomic E-state index is 0.176. The van der Waals surface area contributed by atoms with E-state index in [-0.39, 0.29) is 11.5 Å². The first-order valence-electron chi connectivity index (χ1n) is 9.56. The average molecular weight is 443 g/mol. The van der Waals surface area contributed by atoms with Crippen LogP contribution in [0.3, 0.4) is 0 Å². The molecule has 2 aromatic carbocycles. The van der Waals surface area contributed by atoms with Crippen molar-refractivity contribution in [3.8, 4) is 16.9 Å². The van der Waals surface area contributed by atoms with Crippen molar-refractivity contribution in [3.05, 3.63) is 75.4 Å². The monoisotopic (exact) mass is 442 g/mol. The molecular formula is C24H24Cl2N2O2. The van der Waals surface area contributed by atoms with Crippen LogP contribution in [0.25, 0.3) is 22.7 Å². The molecule has 0 saturated heterocycles. The van der Waals surface area contributed by atoms with Crippen molar-refractivity contribution in [1.82, 2.24) is 9.78 Å². The van der Waals surface area contributed by atoms with Crippen LogP contribution in [0.15, 0.2) is 48.5 Å². The number of rotatable bonds is 4. The van der Waals surface area contributed by atoms with Crippen molar-refractivity contribution in [2.45, 2.75) is 34.6 Å². The molecule has 156 valence electrons. The molecule has 0 aliphatic rings. The van der Waals surface area contributed by atoms with Crippen LogP contribution in [0.1, 0.15) is 37.6 Å². The van der Waals surface area contributed by atoms with Gasteiger partial charge in [-0.3, -0.25) is 4.79 Å². The Hall–Kier alpha value is -2.56. The summed E-state index contributed by atoms with van der Waals surface area (Å²) in [5.41, 5.74) is 3.90. The molecule has 0 unspecified atom stereocenters. The number of carbonyl (C=O) groups excluding carboxylic acids is 1. The maximum Gasteiger partial charge on any atom is 0.164 e. The van der Waals surface area contributed by atoms with E-state index in [1.807, 2.05) is 38.1 Å². The second kappa shape index (κ2) is 8.29. The van der Waals surface area contributed by atoms with E-state index in [9.17, 15) is 9.90 Å². The quantitative estimate of drug-likeness (QED) is 0.350. The van der Waals surface area contributed by atoms with Crippen molar-refractivity contribution >= 4 is 34.7 Å². The summed E-state index contributed by atoms with van der Waals surface area (Å²) in [6.07, 6.45) is 1.24. The predicted molar refractivity (Wildman–Crippen MR) is 124 cm³/mol. The Morgan fingerprint density at radius 3 is 2.27 bits per heavy atom. The van der Waals surface area contributed by atoms with Crippen molar-refractivity contribution in [1.29, 1.82) is 0 Å². The van der Waals surface area contributed by atoms with Gasteiger partial charge in [-0.1, -0.05) is 73.8 Å². The summed E-state index contributed by atoms with van der Waals surface area (Å²) in [4.78, 5) is 12.4. The zero-order valence-electron chi connectivity index (χ0n) is 17.6. The van der Waals surface area contributed by atoms with E-state index < -0.39 is 5.41 Å². The van der Waals surface area contributed by atoms with E-state index >= 15 is 0 Å². The summed E-state index contributed by atoms with van der Waals surface area (Å²) in [5.74, 6) is -0.361. The fraction of sp³-hybridized carbons (Fsp3) is 0.250. The number of aliphatic hydroxyl groups excluding tert-OH is 1. The van der Waals surface area contributed by atoms with E-state index in [0.29, 0.717) is 21.4 Å². The number of aromatic nitrogens is 2. The Kier molecular flexibility index (Phi) is 6.11. The maximum absolute atomic E-state index is 12.4. The molecule has 3 rings (SSSR count). The van der Waals surface area contributed by atoms with Crippen LogP contribution in [0.2, 0.25) is 10.0 Å². The molecule has 0 saturated carbocycles. The largest absolute Gasteiger partial charge is 0.505 e. The Bertz CT molecular complexity index is 1140. The topological polar surface area (TPSA) is 55.1 Å². The van der Waals surface area contributed by atoms with E-state index in [1.54, 1.807) is 43.7 Å².